The number of nitrogens with one attached hydrogen (secondary N) is 3. The second-order valence-corrected chi connectivity index (χ2v) is 15.1. The predicted molar refractivity (Wildman–Crippen MR) is 183 cm³/mol. The van der Waals surface area contributed by atoms with E-state index in [2.05, 4.69) is 27.2 Å². The normalized spacial score (nSPS) is 29.2. The average Bonchev–Trinajstić information content (AvgIpc) is 3.69. The van der Waals surface area contributed by atoms with Crippen LogP contribution in [0.3, 0.4) is 0 Å². The number of fused-ring (bicyclic) bond motifs is 1. The van der Waals surface area contributed by atoms with Crippen molar-refractivity contribution in [2.75, 3.05) is 39.8 Å². The number of benzene rings is 1. The Morgan fingerprint density at radius 2 is 1.82 bits per heavy atom. The number of ether oxygens (including phenoxy) is 2. The largest absolute Gasteiger partial charge is 0.496 e. The number of carbonyl (C=O) groups is 3. The van der Waals surface area contributed by atoms with Gasteiger partial charge in [0.1, 0.15) is 17.2 Å². The van der Waals surface area contributed by atoms with Gasteiger partial charge in [0.25, 0.3) is 0 Å². The summed E-state index contributed by atoms with van der Waals surface area (Å²) < 4.78 is 26.4. The van der Waals surface area contributed by atoms with Crippen molar-refractivity contribution in [1.82, 2.24) is 35.9 Å². The van der Waals surface area contributed by atoms with Gasteiger partial charge in [-0.2, -0.15) is 0 Å². The number of pyridine rings is 1. The molecule has 4 unspecified atom stereocenters. The number of amides is 3. The van der Waals surface area contributed by atoms with E-state index < -0.39 is 11.9 Å². The van der Waals surface area contributed by atoms with E-state index in [1.165, 1.54) is 18.7 Å². The van der Waals surface area contributed by atoms with Crippen LogP contribution in [0.2, 0.25) is 0 Å². The quantitative estimate of drug-likeness (QED) is 0.382. The van der Waals surface area contributed by atoms with Gasteiger partial charge >= 0.3 is 6.09 Å². The van der Waals surface area contributed by atoms with Crippen LogP contribution in [-0.4, -0.2) is 101 Å². The molecule has 4 heterocycles. The van der Waals surface area contributed by atoms with Crippen LogP contribution < -0.4 is 20.9 Å². The van der Waals surface area contributed by atoms with Crippen LogP contribution in [0.15, 0.2) is 36.5 Å². The van der Waals surface area contributed by atoms with Gasteiger partial charge in [0.15, 0.2) is 0 Å². The van der Waals surface area contributed by atoms with E-state index in [4.69, 9.17) is 9.47 Å². The molecule has 13 heteroatoms. The number of aromatic nitrogens is 1. The summed E-state index contributed by atoms with van der Waals surface area (Å²) in [5.41, 5.74) is 9.11. The zero-order chi connectivity index (χ0) is 35.0. The molecule has 2 aromatic rings. The van der Waals surface area contributed by atoms with E-state index in [1.807, 2.05) is 31.0 Å². The topological polar surface area (TPSA) is 128 Å². The molecule has 50 heavy (non-hydrogen) atoms. The van der Waals surface area contributed by atoms with Crippen LogP contribution in [0, 0.1) is 24.6 Å². The molecule has 0 radical (unpaired) electrons. The summed E-state index contributed by atoms with van der Waals surface area (Å²) in [7, 11) is 1.51. The fourth-order valence-corrected chi connectivity index (χ4v) is 8.28. The third-order valence-electron chi connectivity index (χ3n) is 11.5. The Morgan fingerprint density at radius 1 is 1.04 bits per heavy atom. The Balaban J connectivity index is 1.01. The highest BCUT2D eigenvalue weighted by molar-refractivity contribution is 5.83. The smallest absolute Gasteiger partial charge is 0.410 e. The number of aryl methyl sites for hydroxylation is 1. The third kappa shape index (κ3) is 7.45. The number of rotatable bonds is 8. The Bertz CT molecular complexity index is 1580. The first-order chi connectivity index (χ1) is 24.1. The number of hydrogen-bond acceptors (Lipinski definition) is 9. The zero-order valence-corrected chi connectivity index (χ0v) is 29.3. The van der Waals surface area contributed by atoms with E-state index in [-0.39, 0.29) is 54.0 Å². The molecule has 7 rings (SSSR count). The standard InChI is InChI=1S/C37H50FN7O5/c1-23-19-24(11-14-39-23)33-27-20-25(7-9-30(27)41-42-33)34(46)40-26-8-10-31(45(21-26)22-28-29(38)5-4-6-32(28)49-3)35(47)43-15-17-44(18-16-43)36(48)50-37(2)12-13-37/h4-6,11,14,19,25-27,30-31,33,41-42H,7-10,12-13,15-18,20-22H2,1-3H3,(H,40,46)/t25?,26-,27?,30?,31+,33?/m1/s1. The fraction of sp³-hybridized carbons (Fsp3) is 0.622. The molecule has 3 saturated heterocycles. The lowest BCUT2D eigenvalue weighted by molar-refractivity contribution is -0.141. The number of hydrazine groups is 1. The van der Waals surface area contributed by atoms with Gasteiger partial charge in [-0.05, 0) is 94.5 Å². The van der Waals surface area contributed by atoms with Crippen molar-refractivity contribution in [2.24, 2.45) is 11.8 Å². The number of hydrogen-bond donors (Lipinski definition) is 3. The fourth-order valence-electron chi connectivity index (χ4n) is 8.28. The van der Waals surface area contributed by atoms with E-state index in [0.717, 1.165) is 37.8 Å². The van der Waals surface area contributed by atoms with Gasteiger partial charge in [-0.1, -0.05) is 6.07 Å². The van der Waals surface area contributed by atoms with Crippen LogP contribution in [-0.2, 0) is 20.9 Å². The Hall–Kier alpha value is -3.81. The highest BCUT2D eigenvalue weighted by Gasteiger charge is 2.45. The second kappa shape index (κ2) is 14.4. The molecule has 1 aromatic heterocycles. The number of piperidine rings is 1. The van der Waals surface area contributed by atoms with Gasteiger partial charge in [-0.15, -0.1) is 0 Å². The predicted octanol–water partition coefficient (Wildman–Crippen LogP) is 3.45. The Morgan fingerprint density at radius 3 is 2.56 bits per heavy atom. The zero-order valence-electron chi connectivity index (χ0n) is 29.3. The first kappa shape index (κ1) is 34.6. The summed E-state index contributed by atoms with van der Waals surface area (Å²) in [6.45, 7) is 6.14. The number of likely N-dealkylation sites (tertiary alicyclic amines) is 1. The summed E-state index contributed by atoms with van der Waals surface area (Å²) in [5, 5.41) is 3.33. The molecule has 5 fully saturated rings. The van der Waals surface area contributed by atoms with Crippen molar-refractivity contribution >= 4 is 17.9 Å². The van der Waals surface area contributed by atoms with Crippen molar-refractivity contribution in [3.8, 4) is 5.75 Å². The monoisotopic (exact) mass is 691 g/mol. The van der Waals surface area contributed by atoms with Crippen LogP contribution in [0.5, 0.6) is 5.75 Å². The number of piperazine rings is 1. The first-order valence-electron chi connectivity index (χ1n) is 18.2. The number of carbonyl (C=O) groups excluding carboxylic acids is 3. The van der Waals surface area contributed by atoms with E-state index in [9.17, 15) is 14.4 Å². The molecule has 2 aliphatic carbocycles. The van der Waals surface area contributed by atoms with E-state index >= 15 is 4.39 Å². The maximum atomic E-state index is 15.2. The third-order valence-corrected chi connectivity index (χ3v) is 11.5. The van der Waals surface area contributed by atoms with E-state index in [1.54, 1.807) is 21.9 Å². The Kier molecular flexibility index (Phi) is 10.00. The molecule has 270 valence electrons. The van der Waals surface area contributed by atoms with Gasteiger partial charge in [0.05, 0.1) is 19.2 Å². The van der Waals surface area contributed by atoms with Crippen LogP contribution in [0.1, 0.15) is 74.7 Å². The van der Waals surface area contributed by atoms with Crippen molar-refractivity contribution in [3.05, 3.63) is 59.2 Å². The lowest BCUT2D eigenvalue weighted by Crippen LogP contribution is -2.60. The van der Waals surface area contributed by atoms with Crippen LogP contribution >= 0.6 is 0 Å². The van der Waals surface area contributed by atoms with Crippen LogP contribution in [0.25, 0.3) is 0 Å². The molecule has 5 aliphatic rings. The molecular weight excluding hydrogens is 641 g/mol. The summed E-state index contributed by atoms with van der Waals surface area (Å²) in [6, 6.07) is 8.62. The molecule has 0 spiro atoms. The molecule has 3 N–H and O–H groups in total. The van der Waals surface area contributed by atoms with Gasteiger partial charge in [-0.3, -0.25) is 24.9 Å². The van der Waals surface area contributed by atoms with Crippen molar-refractivity contribution in [3.63, 3.8) is 0 Å². The second-order valence-electron chi connectivity index (χ2n) is 15.1. The van der Waals surface area contributed by atoms with Gasteiger partial charge in [0, 0.05) is 74.7 Å². The van der Waals surface area contributed by atoms with E-state index in [0.29, 0.717) is 62.9 Å². The SMILES string of the molecule is COc1cccc(F)c1CN1C[C@H](NC(=O)C2CCC3NNC(c4ccnc(C)c4)C3C2)CC[C@H]1C(=O)N1CCN(C(=O)OC2(C)CC2)CC1. The minimum absolute atomic E-state index is 0.0378. The number of nitrogens with zero attached hydrogens (tertiary/aromatic N) is 4. The molecule has 12 nitrogen and oxygen atoms in total. The molecule has 2 saturated carbocycles. The highest BCUT2D eigenvalue weighted by atomic mass is 19.1. The average molecular weight is 692 g/mol. The maximum absolute atomic E-state index is 15.2. The molecular formula is C37H50FN7O5. The summed E-state index contributed by atoms with van der Waals surface area (Å²) >= 11 is 0. The number of halogens is 1. The molecule has 0 bridgehead atoms. The molecule has 3 amide bonds. The molecule has 6 atom stereocenters. The lowest BCUT2D eigenvalue weighted by atomic mass is 9.74. The summed E-state index contributed by atoms with van der Waals surface area (Å²) in [6.07, 6.45) is 6.91. The van der Waals surface area contributed by atoms with Gasteiger partial charge in [0.2, 0.25) is 11.8 Å². The minimum Gasteiger partial charge on any atom is -0.496 e. The first-order valence-corrected chi connectivity index (χ1v) is 18.2. The van der Waals surface area contributed by atoms with Crippen LogP contribution in [0.4, 0.5) is 9.18 Å². The lowest BCUT2D eigenvalue weighted by Gasteiger charge is -2.43. The summed E-state index contributed by atoms with van der Waals surface area (Å²) in [4.78, 5) is 50.4. The summed E-state index contributed by atoms with van der Waals surface area (Å²) in [5.74, 6) is 0.193. The maximum Gasteiger partial charge on any atom is 0.410 e. The van der Waals surface area contributed by atoms with Crippen molar-refractivity contribution in [2.45, 2.75) is 95.1 Å². The van der Waals surface area contributed by atoms with Crippen molar-refractivity contribution < 1.29 is 28.2 Å². The highest BCUT2D eigenvalue weighted by Crippen LogP contribution is 2.41. The Labute approximate surface area is 293 Å². The minimum atomic E-state index is -0.494. The van der Waals surface area contributed by atoms with Crippen molar-refractivity contribution in [1.29, 1.82) is 0 Å². The molecule has 3 aliphatic heterocycles. The molecule has 1 aromatic carbocycles. The van der Waals surface area contributed by atoms with Gasteiger partial charge in [-0.25, -0.2) is 14.6 Å². The number of methoxy groups -OCH3 is 1. The van der Waals surface area contributed by atoms with Gasteiger partial charge < -0.3 is 24.6 Å².